The fraction of sp³-hybridized carbons (Fsp3) is 0.167. The minimum Gasteiger partial charge on any atom is -0.484 e. The Morgan fingerprint density at radius 3 is 2.62 bits per heavy atom. The zero-order valence-electron chi connectivity index (χ0n) is 13.4. The molecule has 24 heavy (non-hydrogen) atoms. The molecule has 2 rings (SSSR count). The summed E-state index contributed by atoms with van der Waals surface area (Å²) in [5.41, 5.74) is 6.82. The number of nitrogens with zero attached hydrogens (tertiary/aromatic N) is 2. The summed E-state index contributed by atoms with van der Waals surface area (Å²) >= 11 is 0. The van der Waals surface area contributed by atoms with Crippen molar-refractivity contribution in [2.24, 2.45) is 5.73 Å². The Morgan fingerprint density at radius 2 is 2.00 bits per heavy atom. The van der Waals surface area contributed by atoms with Gasteiger partial charge in [-0.15, -0.1) is 0 Å². The lowest BCUT2D eigenvalue weighted by atomic mass is 10.2. The van der Waals surface area contributed by atoms with Gasteiger partial charge in [0.05, 0.1) is 0 Å². The Balaban J connectivity index is 1.83. The van der Waals surface area contributed by atoms with Crippen LogP contribution in [-0.4, -0.2) is 35.4 Å². The Labute approximate surface area is 140 Å². The maximum Gasteiger partial charge on any atom is 0.260 e. The summed E-state index contributed by atoms with van der Waals surface area (Å²) in [6, 6.07) is 10.8. The first kappa shape index (κ1) is 17.2. The average Bonchev–Trinajstić information content (AvgIpc) is 2.59. The Bertz CT molecular complexity index is 712. The molecule has 0 atom stereocenters. The third-order valence-electron chi connectivity index (χ3n) is 3.25. The lowest BCUT2D eigenvalue weighted by Gasteiger charge is -2.17. The molecule has 0 unspecified atom stereocenters. The second kappa shape index (κ2) is 8.47. The van der Waals surface area contributed by atoms with Gasteiger partial charge < -0.3 is 15.4 Å². The zero-order valence-corrected chi connectivity index (χ0v) is 13.4. The van der Waals surface area contributed by atoms with Crippen molar-refractivity contribution in [2.75, 3.05) is 13.7 Å². The number of aromatic nitrogens is 1. The van der Waals surface area contributed by atoms with Crippen molar-refractivity contribution in [2.45, 2.75) is 6.54 Å². The zero-order chi connectivity index (χ0) is 17.4. The summed E-state index contributed by atoms with van der Waals surface area (Å²) in [6.45, 7) is 0.431. The number of ether oxygens (including phenoxy) is 1. The highest BCUT2D eigenvalue weighted by atomic mass is 16.5. The number of carbonyl (C=O) groups excluding carboxylic acids is 2. The van der Waals surface area contributed by atoms with Gasteiger partial charge >= 0.3 is 0 Å². The monoisotopic (exact) mass is 325 g/mol. The maximum atomic E-state index is 12.1. The van der Waals surface area contributed by atoms with Crippen LogP contribution in [0.3, 0.4) is 0 Å². The van der Waals surface area contributed by atoms with E-state index < -0.39 is 5.91 Å². The van der Waals surface area contributed by atoms with Gasteiger partial charge in [0.1, 0.15) is 5.75 Å². The molecule has 0 fully saturated rings. The first-order valence-electron chi connectivity index (χ1n) is 7.38. The lowest BCUT2D eigenvalue weighted by Crippen LogP contribution is -2.30. The molecule has 6 heteroatoms. The highest BCUT2D eigenvalue weighted by Crippen LogP contribution is 2.13. The van der Waals surface area contributed by atoms with E-state index in [1.54, 1.807) is 54.7 Å². The van der Waals surface area contributed by atoms with Crippen LogP contribution in [0.1, 0.15) is 11.1 Å². The van der Waals surface area contributed by atoms with Crippen molar-refractivity contribution in [1.82, 2.24) is 9.88 Å². The van der Waals surface area contributed by atoms with Crippen LogP contribution in [0.15, 0.2) is 54.9 Å². The molecule has 0 aliphatic carbocycles. The third kappa shape index (κ3) is 5.57. The van der Waals surface area contributed by atoms with E-state index in [0.717, 1.165) is 11.1 Å². The minimum atomic E-state index is -0.502. The lowest BCUT2D eigenvalue weighted by molar-refractivity contribution is -0.132. The average molecular weight is 325 g/mol. The van der Waals surface area contributed by atoms with Crippen LogP contribution in [0, 0.1) is 0 Å². The maximum absolute atomic E-state index is 12.1. The summed E-state index contributed by atoms with van der Waals surface area (Å²) < 4.78 is 5.48. The van der Waals surface area contributed by atoms with Crippen molar-refractivity contribution in [3.8, 4) is 5.75 Å². The van der Waals surface area contributed by atoms with Crippen LogP contribution >= 0.6 is 0 Å². The number of hydrogen-bond donors (Lipinski definition) is 1. The van der Waals surface area contributed by atoms with Gasteiger partial charge in [0.15, 0.2) is 6.61 Å². The van der Waals surface area contributed by atoms with E-state index in [0.29, 0.717) is 12.3 Å². The van der Waals surface area contributed by atoms with Crippen LogP contribution in [0.25, 0.3) is 6.08 Å². The largest absolute Gasteiger partial charge is 0.484 e. The van der Waals surface area contributed by atoms with Crippen LogP contribution in [0.4, 0.5) is 0 Å². The molecule has 0 radical (unpaired) electrons. The molecule has 0 bridgehead atoms. The number of carbonyl (C=O) groups is 2. The SMILES string of the molecule is CN(Cc1cccnc1)C(=O)COc1ccc(/C=C/C(N)=O)cc1. The molecule has 0 aliphatic heterocycles. The second-order valence-electron chi connectivity index (χ2n) is 5.20. The van der Waals surface area contributed by atoms with Crippen molar-refractivity contribution in [1.29, 1.82) is 0 Å². The molecule has 0 saturated carbocycles. The van der Waals surface area contributed by atoms with Gasteiger partial charge in [0.2, 0.25) is 5.91 Å². The number of pyridine rings is 1. The van der Waals surface area contributed by atoms with Crippen molar-refractivity contribution >= 4 is 17.9 Å². The molecular weight excluding hydrogens is 306 g/mol. The van der Waals surface area contributed by atoms with Gasteiger partial charge in [0, 0.05) is 32.1 Å². The molecule has 0 saturated heterocycles. The first-order valence-corrected chi connectivity index (χ1v) is 7.38. The van der Waals surface area contributed by atoms with E-state index in [1.165, 1.54) is 6.08 Å². The molecular formula is C18H19N3O3. The molecule has 124 valence electrons. The summed E-state index contributed by atoms with van der Waals surface area (Å²) in [7, 11) is 1.72. The van der Waals surface area contributed by atoms with Crippen LogP contribution in [-0.2, 0) is 16.1 Å². The highest BCUT2D eigenvalue weighted by Gasteiger charge is 2.10. The van der Waals surface area contributed by atoms with Crippen LogP contribution in [0.5, 0.6) is 5.75 Å². The van der Waals surface area contributed by atoms with E-state index >= 15 is 0 Å². The fourth-order valence-corrected chi connectivity index (χ4v) is 1.96. The van der Waals surface area contributed by atoms with E-state index in [1.807, 2.05) is 12.1 Å². The van der Waals surface area contributed by atoms with E-state index in [4.69, 9.17) is 10.5 Å². The van der Waals surface area contributed by atoms with Gasteiger partial charge in [-0.1, -0.05) is 18.2 Å². The number of likely N-dealkylation sites (N-methyl/N-ethyl adjacent to an activating group) is 1. The number of hydrogen-bond acceptors (Lipinski definition) is 4. The van der Waals surface area contributed by atoms with Crippen LogP contribution < -0.4 is 10.5 Å². The predicted molar refractivity (Wildman–Crippen MR) is 90.9 cm³/mol. The number of nitrogens with two attached hydrogens (primary N) is 1. The molecule has 1 aromatic heterocycles. The van der Waals surface area contributed by atoms with Crippen molar-refractivity contribution in [3.05, 3.63) is 66.0 Å². The minimum absolute atomic E-state index is 0.0484. The molecule has 2 N–H and O–H groups in total. The van der Waals surface area contributed by atoms with E-state index in [-0.39, 0.29) is 12.5 Å². The Kier molecular flexibility index (Phi) is 6.08. The molecule has 1 aromatic carbocycles. The number of rotatable bonds is 7. The topological polar surface area (TPSA) is 85.5 Å². The van der Waals surface area contributed by atoms with Gasteiger partial charge in [-0.05, 0) is 35.4 Å². The molecule has 0 aliphatic rings. The molecule has 2 aromatic rings. The Morgan fingerprint density at radius 1 is 1.25 bits per heavy atom. The molecule has 6 nitrogen and oxygen atoms in total. The fourth-order valence-electron chi connectivity index (χ4n) is 1.96. The van der Waals surface area contributed by atoms with Gasteiger partial charge in [-0.25, -0.2) is 0 Å². The summed E-state index contributed by atoms with van der Waals surface area (Å²) in [4.78, 5) is 28.4. The third-order valence-corrected chi connectivity index (χ3v) is 3.25. The molecule has 0 spiro atoms. The summed E-state index contributed by atoms with van der Waals surface area (Å²) in [5.74, 6) is -0.0523. The summed E-state index contributed by atoms with van der Waals surface area (Å²) in [6.07, 6.45) is 6.31. The number of primary amides is 1. The van der Waals surface area contributed by atoms with E-state index in [2.05, 4.69) is 4.98 Å². The van der Waals surface area contributed by atoms with Gasteiger partial charge in [-0.2, -0.15) is 0 Å². The van der Waals surface area contributed by atoms with E-state index in [9.17, 15) is 9.59 Å². The van der Waals surface area contributed by atoms with Crippen molar-refractivity contribution < 1.29 is 14.3 Å². The van der Waals surface area contributed by atoms with Crippen molar-refractivity contribution in [3.63, 3.8) is 0 Å². The van der Waals surface area contributed by atoms with Gasteiger partial charge in [-0.3, -0.25) is 14.6 Å². The Hall–Kier alpha value is -3.15. The number of amides is 2. The van der Waals surface area contributed by atoms with Crippen LogP contribution in [0.2, 0.25) is 0 Å². The summed E-state index contributed by atoms with van der Waals surface area (Å²) in [5, 5.41) is 0. The second-order valence-corrected chi connectivity index (χ2v) is 5.20. The predicted octanol–water partition coefficient (Wildman–Crippen LogP) is 1.62. The quantitative estimate of drug-likeness (QED) is 0.784. The molecule has 1 heterocycles. The van der Waals surface area contributed by atoms with Gasteiger partial charge in [0.25, 0.3) is 5.91 Å². The smallest absolute Gasteiger partial charge is 0.260 e. The normalized spacial score (nSPS) is 10.5. The number of benzene rings is 1. The highest BCUT2D eigenvalue weighted by molar-refractivity contribution is 5.90. The molecule has 2 amide bonds. The standard InChI is InChI=1S/C18H19N3O3/c1-21(12-15-3-2-10-20-11-15)18(23)13-24-16-7-4-14(5-8-16)6-9-17(19)22/h2-11H,12-13H2,1H3,(H2,19,22)/b9-6+. The first-order chi connectivity index (χ1) is 11.5.